The van der Waals surface area contributed by atoms with E-state index in [9.17, 15) is 0 Å². The number of hydrogen-bond acceptors (Lipinski definition) is 2. The van der Waals surface area contributed by atoms with Crippen molar-refractivity contribution in [2.75, 3.05) is 18.0 Å². The molecule has 0 spiro atoms. The fourth-order valence-electron chi connectivity index (χ4n) is 2.49. The Hall–Kier alpha value is -1.80. The minimum atomic E-state index is 0.974. The van der Waals surface area contributed by atoms with Gasteiger partial charge in [-0.25, -0.2) is 0 Å². The molecular weight excluding hydrogens is 220 g/mol. The van der Waals surface area contributed by atoms with Crippen LogP contribution in [-0.2, 0) is 13.1 Å². The van der Waals surface area contributed by atoms with Crippen molar-refractivity contribution in [1.29, 1.82) is 0 Å². The molecule has 2 heteroatoms. The Morgan fingerprint density at radius 3 is 2.61 bits per heavy atom. The van der Waals surface area contributed by atoms with Crippen LogP contribution in [-0.4, -0.2) is 13.1 Å². The largest absolute Gasteiger partial charge is 0.366 e. The SMILES string of the molecule is c1ccc(CN2CCNCc3ccccc32)cc1. The van der Waals surface area contributed by atoms with Crippen molar-refractivity contribution in [3.63, 3.8) is 0 Å². The van der Waals surface area contributed by atoms with Gasteiger partial charge in [-0.05, 0) is 17.2 Å². The Morgan fingerprint density at radius 1 is 0.944 bits per heavy atom. The number of anilines is 1. The zero-order valence-corrected chi connectivity index (χ0v) is 10.5. The quantitative estimate of drug-likeness (QED) is 0.865. The average molecular weight is 238 g/mol. The molecule has 0 saturated carbocycles. The number of fused-ring (bicyclic) bond motifs is 1. The topological polar surface area (TPSA) is 15.3 Å². The Kier molecular flexibility index (Phi) is 3.29. The lowest BCUT2D eigenvalue weighted by Crippen LogP contribution is -2.28. The molecule has 2 nitrogen and oxygen atoms in total. The van der Waals surface area contributed by atoms with E-state index in [1.807, 2.05) is 0 Å². The maximum atomic E-state index is 3.48. The third kappa shape index (κ3) is 2.39. The maximum absolute atomic E-state index is 3.48. The summed E-state index contributed by atoms with van der Waals surface area (Å²) in [6.07, 6.45) is 0. The number of nitrogens with one attached hydrogen (secondary N) is 1. The van der Waals surface area contributed by atoms with E-state index < -0.39 is 0 Å². The first kappa shape index (κ1) is 11.3. The van der Waals surface area contributed by atoms with Gasteiger partial charge < -0.3 is 10.2 Å². The minimum Gasteiger partial charge on any atom is -0.366 e. The fraction of sp³-hybridized carbons (Fsp3) is 0.250. The van der Waals surface area contributed by atoms with Crippen LogP contribution in [0, 0.1) is 0 Å². The molecule has 1 N–H and O–H groups in total. The van der Waals surface area contributed by atoms with Gasteiger partial charge in [-0.3, -0.25) is 0 Å². The van der Waals surface area contributed by atoms with Crippen LogP contribution in [0.2, 0.25) is 0 Å². The molecule has 1 heterocycles. The summed E-state index contributed by atoms with van der Waals surface area (Å²) in [6.45, 7) is 4.06. The third-order valence-electron chi connectivity index (χ3n) is 3.42. The van der Waals surface area contributed by atoms with E-state index in [0.29, 0.717) is 0 Å². The summed E-state index contributed by atoms with van der Waals surface area (Å²) in [4.78, 5) is 2.46. The van der Waals surface area contributed by atoms with Crippen molar-refractivity contribution in [3.05, 3.63) is 65.7 Å². The van der Waals surface area contributed by atoms with E-state index in [0.717, 1.165) is 26.2 Å². The van der Waals surface area contributed by atoms with Gasteiger partial charge in [0.2, 0.25) is 0 Å². The smallest absolute Gasteiger partial charge is 0.0430 e. The van der Waals surface area contributed by atoms with Crippen molar-refractivity contribution in [1.82, 2.24) is 5.32 Å². The third-order valence-corrected chi connectivity index (χ3v) is 3.42. The zero-order valence-electron chi connectivity index (χ0n) is 10.5. The predicted molar refractivity (Wildman–Crippen MR) is 75.6 cm³/mol. The second-order valence-electron chi connectivity index (χ2n) is 4.71. The molecule has 18 heavy (non-hydrogen) atoms. The summed E-state index contributed by atoms with van der Waals surface area (Å²) >= 11 is 0. The number of para-hydroxylation sites is 1. The number of rotatable bonds is 2. The van der Waals surface area contributed by atoms with Gasteiger partial charge >= 0.3 is 0 Å². The van der Waals surface area contributed by atoms with Crippen molar-refractivity contribution in [2.45, 2.75) is 13.1 Å². The lowest BCUT2D eigenvalue weighted by Gasteiger charge is -2.24. The first-order valence-corrected chi connectivity index (χ1v) is 6.51. The molecule has 1 aliphatic heterocycles. The molecule has 0 saturated heterocycles. The van der Waals surface area contributed by atoms with E-state index in [1.54, 1.807) is 0 Å². The first-order chi connectivity index (χ1) is 8.93. The monoisotopic (exact) mass is 238 g/mol. The predicted octanol–water partition coefficient (Wildman–Crippen LogP) is 2.80. The summed E-state index contributed by atoms with van der Waals surface area (Å²) in [5.41, 5.74) is 4.13. The van der Waals surface area contributed by atoms with Gasteiger partial charge in [-0.2, -0.15) is 0 Å². The highest BCUT2D eigenvalue weighted by Crippen LogP contribution is 2.23. The lowest BCUT2D eigenvalue weighted by atomic mass is 10.1. The molecule has 1 aliphatic rings. The lowest BCUT2D eigenvalue weighted by molar-refractivity contribution is 0.688. The molecule has 0 amide bonds. The molecule has 2 aromatic carbocycles. The van der Waals surface area contributed by atoms with Crippen LogP contribution < -0.4 is 10.2 Å². The normalized spacial score (nSPS) is 15.0. The van der Waals surface area contributed by atoms with Gasteiger partial charge in [-0.1, -0.05) is 48.5 Å². The van der Waals surface area contributed by atoms with Crippen LogP contribution in [0.25, 0.3) is 0 Å². The maximum Gasteiger partial charge on any atom is 0.0430 e. The number of benzene rings is 2. The highest BCUT2D eigenvalue weighted by Gasteiger charge is 2.14. The Labute approximate surface area is 108 Å². The summed E-state index contributed by atoms with van der Waals surface area (Å²) in [7, 11) is 0. The van der Waals surface area contributed by atoms with E-state index in [1.165, 1.54) is 16.8 Å². The summed E-state index contributed by atoms with van der Waals surface area (Å²) in [5, 5.41) is 3.48. The summed E-state index contributed by atoms with van der Waals surface area (Å²) < 4.78 is 0. The van der Waals surface area contributed by atoms with Crippen molar-refractivity contribution in [3.8, 4) is 0 Å². The molecule has 0 unspecified atom stereocenters. The minimum absolute atomic E-state index is 0.974. The molecule has 0 fully saturated rings. The number of hydrogen-bond donors (Lipinski definition) is 1. The Morgan fingerprint density at radius 2 is 1.72 bits per heavy atom. The molecular formula is C16H18N2. The molecule has 0 radical (unpaired) electrons. The van der Waals surface area contributed by atoms with Gasteiger partial charge in [-0.15, -0.1) is 0 Å². The van der Waals surface area contributed by atoms with Gasteiger partial charge in [0.05, 0.1) is 0 Å². The summed E-state index contributed by atoms with van der Waals surface area (Å²) in [5.74, 6) is 0. The van der Waals surface area contributed by atoms with Gasteiger partial charge in [0.1, 0.15) is 0 Å². The van der Waals surface area contributed by atoms with Crippen LogP contribution in [0.15, 0.2) is 54.6 Å². The van der Waals surface area contributed by atoms with Crippen LogP contribution in [0.1, 0.15) is 11.1 Å². The zero-order chi connectivity index (χ0) is 12.2. The van der Waals surface area contributed by atoms with Crippen molar-refractivity contribution < 1.29 is 0 Å². The van der Waals surface area contributed by atoms with E-state index in [4.69, 9.17) is 0 Å². The molecule has 3 rings (SSSR count). The average Bonchev–Trinajstić information content (AvgIpc) is 2.63. The number of nitrogens with zero attached hydrogens (tertiary/aromatic N) is 1. The van der Waals surface area contributed by atoms with E-state index in [2.05, 4.69) is 64.8 Å². The highest BCUT2D eigenvalue weighted by atomic mass is 15.2. The Balaban J connectivity index is 1.88. The van der Waals surface area contributed by atoms with Crippen molar-refractivity contribution >= 4 is 5.69 Å². The standard InChI is InChI=1S/C16H18N2/c1-2-6-14(7-3-1)13-18-11-10-17-12-15-8-4-5-9-16(15)18/h1-9,17H,10-13H2. The van der Waals surface area contributed by atoms with Crippen LogP contribution in [0.5, 0.6) is 0 Å². The van der Waals surface area contributed by atoms with Crippen molar-refractivity contribution in [2.24, 2.45) is 0 Å². The molecule has 92 valence electrons. The van der Waals surface area contributed by atoms with E-state index >= 15 is 0 Å². The van der Waals surface area contributed by atoms with Gasteiger partial charge in [0.25, 0.3) is 0 Å². The highest BCUT2D eigenvalue weighted by molar-refractivity contribution is 5.54. The first-order valence-electron chi connectivity index (χ1n) is 6.51. The van der Waals surface area contributed by atoms with Gasteiger partial charge in [0, 0.05) is 31.9 Å². The van der Waals surface area contributed by atoms with Crippen LogP contribution in [0.4, 0.5) is 5.69 Å². The molecule has 2 aromatic rings. The van der Waals surface area contributed by atoms with Crippen LogP contribution >= 0.6 is 0 Å². The van der Waals surface area contributed by atoms with E-state index in [-0.39, 0.29) is 0 Å². The van der Waals surface area contributed by atoms with Gasteiger partial charge in [0.15, 0.2) is 0 Å². The summed E-state index contributed by atoms with van der Waals surface area (Å²) in [6, 6.07) is 19.4. The second kappa shape index (κ2) is 5.23. The molecule has 0 bridgehead atoms. The van der Waals surface area contributed by atoms with Crippen LogP contribution in [0.3, 0.4) is 0 Å². The molecule has 0 aliphatic carbocycles. The Bertz CT molecular complexity index is 508. The fourth-order valence-corrected chi connectivity index (χ4v) is 2.49. The molecule has 0 atom stereocenters. The second-order valence-corrected chi connectivity index (χ2v) is 4.71. The molecule has 0 aromatic heterocycles.